The number of carbonyl (C=O) groups is 2. The monoisotopic (exact) mass is 367 g/mol. The smallest absolute Gasteiger partial charge is 0.294 e. The van der Waals surface area contributed by atoms with Crippen molar-refractivity contribution in [1.82, 2.24) is 4.90 Å². The van der Waals surface area contributed by atoms with Crippen molar-refractivity contribution in [3.05, 3.63) is 39.3 Å². The molecule has 1 amide bonds. The number of benzene rings is 1. The minimum absolute atomic E-state index is 0.0651. The Morgan fingerprint density at radius 2 is 2.00 bits per heavy atom. The fourth-order valence-electron chi connectivity index (χ4n) is 2.44. The Labute approximate surface area is 146 Å². The Morgan fingerprint density at radius 1 is 1.35 bits per heavy atom. The third-order valence-electron chi connectivity index (χ3n) is 3.40. The van der Waals surface area contributed by atoms with Crippen LogP contribution in [0.15, 0.2) is 23.1 Å². The largest absolute Gasteiger partial charge is 0.373 e. The summed E-state index contributed by atoms with van der Waals surface area (Å²) in [6.07, 6.45) is 0.501. The quantitative estimate of drug-likeness (QED) is 0.561. The minimum Gasteiger partial charge on any atom is -0.294 e. The van der Waals surface area contributed by atoms with Gasteiger partial charge in [-0.3, -0.25) is 14.5 Å². The molecule has 8 heteroatoms. The minimum atomic E-state index is -0.182. The predicted octanol–water partition coefficient (Wildman–Crippen LogP) is 2.47. The van der Waals surface area contributed by atoms with E-state index in [-0.39, 0.29) is 24.3 Å². The van der Waals surface area contributed by atoms with E-state index in [1.165, 1.54) is 16.7 Å². The first-order valence-electron chi connectivity index (χ1n) is 6.54. The zero-order valence-electron chi connectivity index (χ0n) is 11.9. The van der Waals surface area contributed by atoms with Crippen LogP contribution < -0.4 is 0 Å². The van der Waals surface area contributed by atoms with Crippen LogP contribution in [0.4, 0.5) is 0 Å². The summed E-state index contributed by atoms with van der Waals surface area (Å²) >= 11 is 12.5. The Balaban J connectivity index is 0.000000595. The van der Waals surface area contributed by atoms with E-state index in [0.29, 0.717) is 26.4 Å². The van der Waals surface area contributed by atoms with Crippen LogP contribution in [0.5, 0.6) is 0 Å². The molecule has 2 aliphatic rings. The molecule has 0 bridgehead atoms. The fraction of sp³-hybridized carbons (Fsp3) is 0.200. The van der Waals surface area contributed by atoms with Gasteiger partial charge in [-0.25, -0.2) is 0 Å². The maximum absolute atomic E-state index is 12.3. The summed E-state index contributed by atoms with van der Waals surface area (Å²) in [5, 5.41) is 0.567. The molecule has 118 valence electrons. The lowest BCUT2D eigenvalue weighted by molar-refractivity contribution is -0.191. The van der Waals surface area contributed by atoms with Crippen LogP contribution in [-0.4, -0.2) is 33.6 Å². The summed E-state index contributed by atoms with van der Waals surface area (Å²) in [6, 6.07) is 5.38. The summed E-state index contributed by atoms with van der Waals surface area (Å²) in [6.45, 7) is 2.37. The average molecular weight is 368 g/mol. The molecule has 0 aromatic heterocycles. The highest BCUT2D eigenvalue weighted by molar-refractivity contribution is 8.26. The van der Waals surface area contributed by atoms with Crippen LogP contribution in [-0.2, 0) is 25.6 Å². The summed E-state index contributed by atoms with van der Waals surface area (Å²) in [4.78, 5) is 42.8. The SMILES string of the molecule is CCN1C(=O)/C(=C2/C(=O)Cc3c(Cl)cccc32)SC1=S.O=C=O. The van der Waals surface area contributed by atoms with Crippen LogP contribution in [0.3, 0.4) is 0 Å². The summed E-state index contributed by atoms with van der Waals surface area (Å²) < 4.78 is 0.503. The predicted molar refractivity (Wildman–Crippen MR) is 89.7 cm³/mol. The maximum Gasteiger partial charge on any atom is 0.373 e. The summed E-state index contributed by atoms with van der Waals surface area (Å²) in [5.41, 5.74) is 2.03. The van der Waals surface area contributed by atoms with Gasteiger partial charge in [0.2, 0.25) is 0 Å². The van der Waals surface area contributed by atoms with Gasteiger partial charge in [-0.2, -0.15) is 9.59 Å². The lowest BCUT2D eigenvalue weighted by Gasteiger charge is -2.10. The lowest BCUT2D eigenvalue weighted by Crippen LogP contribution is -2.27. The van der Waals surface area contributed by atoms with E-state index in [2.05, 4.69) is 0 Å². The maximum atomic E-state index is 12.3. The molecule has 5 nitrogen and oxygen atoms in total. The van der Waals surface area contributed by atoms with Crippen molar-refractivity contribution < 1.29 is 19.2 Å². The van der Waals surface area contributed by atoms with Crippen molar-refractivity contribution in [2.45, 2.75) is 13.3 Å². The normalized spacial score (nSPS) is 19.4. The van der Waals surface area contributed by atoms with E-state index in [1.807, 2.05) is 13.0 Å². The van der Waals surface area contributed by atoms with Crippen molar-refractivity contribution in [1.29, 1.82) is 0 Å². The average Bonchev–Trinajstić information content (AvgIpc) is 2.97. The van der Waals surface area contributed by atoms with Gasteiger partial charge in [-0.1, -0.05) is 47.7 Å². The van der Waals surface area contributed by atoms with Gasteiger partial charge in [0.15, 0.2) is 5.78 Å². The van der Waals surface area contributed by atoms with E-state index in [4.69, 9.17) is 33.4 Å². The Hall–Kier alpha value is -1.79. The van der Waals surface area contributed by atoms with Gasteiger partial charge in [0.05, 0.1) is 4.91 Å². The number of allylic oxidation sites excluding steroid dienone is 1. The topological polar surface area (TPSA) is 71.5 Å². The van der Waals surface area contributed by atoms with Crippen molar-refractivity contribution in [3.63, 3.8) is 0 Å². The van der Waals surface area contributed by atoms with E-state index in [9.17, 15) is 9.59 Å². The molecular weight excluding hydrogens is 358 g/mol. The highest BCUT2D eigenvalue weighted by Crippen LogP contribution is 2.42. The van der Waals surface area contributed by atoms with Crippen molar-refractivity contribution in [2.75, 3.05) is 6.54 Å². The van der Waals surface area contributed by atoms with Crippen LogP contribution >= 0.6 is 35.6 Å². The molecule has 0 saturated carbocycles. The molecule has 0 unspecified atom stereocenters. The van der Waals surface area contributed by atoms with Crippen molar-refractivity contribution in [2.24, 2.45) is 0 Å². The molecule has 0 radical (unpaired) electrons. The van der Waals surface area contributed by atoms with Gasteiger partial charge in [0, 0.05) is 23.6 Å². The fourth-order valence-corrected chi connectivity index (χ4v) is 4.17. The second-order valence-corrected chi connectivity index (χ2v) is 6.62. The molecule has 0 spiro atoms. The number of thioether (sulfide) groups is 1. The van der Waals surface area contributed by atoms with E-state index >= 15 is 0 Å². The number of carbonyl (C=O) groups excluding carboxylic acids is 4. The number of likely N-dealkylation sites (N-methyl/N-ethyl adjacent to an activating group) is 1. The van der Waals surface area contributed by atoms with E-state index in [0.717, 1.165) is 11.1 Å². The molecule has 1 aliphatic heterocycles. The lowest BCUT2D eigenvalue weighted by atomic mass is 10.1. The number of thiocarbonyl (C=S) groups is 1. The molecule has 0 N–H and O–H groups in total. The summed E-state index contributed by atoms with van der Waals surface area (Å²) in [7, 11) is 0. The molecule has 23 heavy (non-hydrogen) atoms. The van der Waals surface area contributed by atoms with Gasteiger partial charge in [-0.15, -0.1) is 0 Å². The van der Waals surface area contributed by atoms with Gasteiger partial charge in [0.1, 0.15) is 4.32 Å². The Bertz CT molecular complexity index is 782. The zero-order chi connectivity index (χ0) is 17.1. The van der Waals surface area contributed by atoms with Crippen molar-refractivity contribution >= 4 is 63.3 Å². The second kappa shape index (κ2) is 7.19. The second-order valence-electron chi connectivity index (χ2n) is 4.57. The summed E-state index contributed by atoms with van der Waals surface area (Å²) in [5.74, 6) is -0.247. The van der Waals surface area contributed by atoms with Gasteiger partial charge in [0.25, 0.3) is 5.91 Å². The van der Waals surface area contributed by atoms with Crippen LogP contribution in [0, 0.1) is 0 Å². The molecule has 1 aromatic carbocycles. The standard InChI is InChI=1S/C14H10ClNO2S2.CO2/c1-2-16-13(18)12(20-14(16)19)11-7-4-3-5-9(15)8(7)6-10(11)17;2-1-3/h3-5H,2,6H2,1H3;/b12-11-;. The highest BCUT2D eigenvalue weighted by Gasteiger charge is 2.38. The number of hydrogen-bond acceptors (Lipinski definition) is 6. The molecule has 1 fully saturated rings. The third kappa shape index (κ3) is 3.14. The van der Waals surface area contributed by atoms with Crippen LogP contribution in [0.25, 0.3) is 5.57 Å². The molecule has 1 saturated heterocycles. The zero-order valence-corrected chi connectivity index (χ0v) is 14.3. The first-order valence-corrected chi connectivity index (χ1v) is 8.14. The number of fused-ring (bicyclic) bond motifs is 1. The van der Waals surface area contributed by atoms with Gasteiger partial charge < -0.3 is 0 Å². The Morgan fingerprint density at radius 3 is 2.57 bits per heavy atom. The first kappa shape index (κ1) is 17.6. The van der Waals surface area contributed by atoms with Crippen LogP contribution in [0.2, 0.25) is 5.02 Å². The molecular formula is C15H10ClNO4S2. The Kier molecular flexibility index (Phi) is 5.49. The van der Waals surface area contributed by atoms with Gasteiger partial charge >= 0.3 is 6.15 Å². The number of rotatable bonds is 1. The highest BCUT2D eigenvalue weighted by atomic mass is 35.5. The number of hydrogen-bond donors (Lipinski definition) is 0. The molecule has 0 atom stereocenters. The number of Topliss-reactive ketones (excluding diaryl/α,β-unsaturated/α-hetero) is 1. The number of amides is 1. The number of ketones is 1. The third-order valence-corrected chi connectivity index (χ3v) is 5.20. The first-order chi connectivity index (χ1) is 11.0. The van der Waals surface area contributed by atoms with E-state index in [1.54, 1.807) is 12.1 Å². The molecule has 1 heterocycles. The van der Waals surface area contributed by atoms with Gasteiger partial charge in [-0.05, 0) is 24.1 Å². The van der Waals surface area contributed by atoms with Crippen LogP contribution in [0.1, 0.15) is 18.1 Å². The van der Waals surface area contributed by atoms with E-state index < -0.39 is 0 Å². The van der Waals surface area contributed by atoms with Crippen molar-refractivity contribution in [3.8, 4) is 0 Å². The molecule has 1 aromatic rings. The molecule has 3 rings (SSSR count). The number of nitrogens with zero attached hydrogens (tertiary/aromatic N) is 1. The number of halogens is 1. The molecule has 1 aliphatic carbocycles.